The molecule has 2 aromatic rings. The Labute approximate surface area is 120 Å². The molecule has 0 bridgehead atoms. The van der Waals surface area contributed by atoms with Crippen molar-refractivity contribution < 1.29 is 23.8 Å². The molecular weight excluding hydrogens is 277 g/mol. The Morgan fingerprint density at radius 2 is 1.90 bits per heavy atom. The van der Waals surface area contributed by atoms with Crippen LogP contribution in [0.5, 0.6) is 17.2 Å². The van der Waals surface area contributed by atoms with Gasteiger partial charge in [-0.1, -0.05) is 6.07 Å². The molecule has 5 nitrogen and oxygen atoms in total. The zero-order valence-electron chi connectivity index (χ0n) is 11.5. The quantitative estimate of drug-likeness (QED) is 0.845. The maximum absolute atomic E-state index is 13.9. The van der Waals surface area contributed by atoms with Gasteiger partial charge in [0.25, 0.3) is 0 Å². The monoisotopic (exact) mass is 291 g/mol. The van der Waals surface area contributed by atoms with Gasteiger partial charge in [-0.3, -0.25) is 0 Å². The van der Waals surface area contributed by atoms with E-state index < -0.39 is 11.8 Å². The summed E-state index contributed by atoms with van der Waals surface area (Å²) >= 11 is 0. The molecule has 110 valence electrons. The number of aryl methyl sites for hydroxylation is 1. The summed E-state index contributed by atoms with van der Waals surface area (Å²) in [5.74, 6) is -1.54. The summed E-state index contributed by atoms with van der Waals surface area (Å²) in [6.07, 6.45) is 0. The number of hydrogen-bond donors (Lipinski definition) is 2. The second-order valence-electron chi connectivity index (χ2n) is 4.43. The Morgan fingerprint density at radius 3 is 2.52 bits per heavy atom. The zero-order chi connectivity index (χ0) is 15.6. The van der Waals surface area contributed by atoms with Crippen molar-refractivity contribution in [2.75, 3.05) is 12.8 Å². The number of rotatable bonds is 4. The third-order valence-corrected chi connectivity index (χ3v) is 2.87. The van der Waals surface area contributed by atoms with E-state index in [4.69, 9.17) is 20.3 Å². The van der Waals surface area contributed by atoms with Crippen molar-refractivity contribution in [2.24, 2.45) is 0 Å². The van der Waals surface area contributed by atoms with Crippen LogP contribution < -0.4 is 15.2 Å². The van der Waals surface area contributed by atoms with Gasteiger partial charge in [0.05, 0.1) is 12.7 Å². The van der Waals surface area contributed by atoms with Crippen molar-refractivity contribution in [1.82, 2.24) is 0 Å². The van der Waals surface area contributed by atoms with Gasteiger partial charge in [0.1, 0.15) is 0 Å². The Bertz CT molecular complexity index is 700. The van der Waals surface area contributed by atoms with Gasteiger partial charge in [-0.2, -0.15) is 0 Å². The van der Waals surface area contributed by atoms with Crippen LogP contribution in [0, 0.1) is 12.7 Å². The van der Waals surface area contributed by atoms with Crippen LogP contribution >= 0.6 is 0 Å². The molecule has 0 unspecified atom stereocenters. The van der Waals surface area contributed by atoms with Crippen LogP contribution in [0.1, 0.15) is 15.9 Å². The summed E-state index contributed by atoms with van der Waals surface area (Å²) in [4.78, 5) is 11.0. The number of carbonyl (C=O) groups is 1. The standard InChI is InChI=1S/C15H14FNO4/c1-8-3-4-12(14(5-8)20-2)21-13-6-9(15(18)19)11(17)7-10(13)16/h3-7H,17H2,1-2H3,(H,18,19). The van der Waals surface area contributed by atoms with Crippen molar-refractivity contribution in [3.05, 3.63) is 47.3 Å². The van der Waals surface area contributed by atoms with E-state index in [-0.39, 0.29) is 22.7 Å². The molecule has 2 aromatic carbocycles. The number of anilines is 1. The summed E-state index contributed by atoms with van der Waals surface area (Å²) in [5.41, 5.74) is 6.02. The van der Waals surface area contributed by atoms with Crippen molar-refractivity contribution >= 4 is 11.7 Å². The van der Waals surface area contributed by atoms with Crippen LogP contribution in [0.2, 0.25) is 0 Å². The zero-order valence-corrected chi connectivity index (χ0v) is 11.5. The lowest BCUT2D eigenvalue weighted by Gasteiger charge is -2.12. The van der Waals surface area contributed by atoms with E-state index in [1.807, 2.05) is 6.92 Å². The molecular formula is C15H14FNO4. The fraction of sp³-hybridized carbons (Fsp3) is 0.133. The molecule has 0 atom stereocenters. The molecule has 21 heavy (non-hydrogen) atoms. The number of benzene rings is 2. The van der Waals surface area contributed by atoms with Gasteiger partial charge in [-0.15, -0.1) is 0 Å². The highest BCUT2D eigenvalue weighted by Crippen LogP contribution is 2.34. The minimum absolute atomic E-state index is 0.164. The van der Waals surface area contributed by atoms with Crippen molar-refractivity contribution in [3.63, 3.8) is 0 Å². The van der Waals surface area contributed by atoms with Gasteiger partial charge >= 0.3 is 5.97 Å². The van der Waals surface area contributed by atoms with Crippen LogP contribution in [-0.4, -0.2) is 18.2 Å². The van der Waals surface area contributed by atoms with Crippen molar-refractivity contribution in [2.45, 2.75) is 6.92 Å². The Balaban J connectivity index is 2.44. The maximum atomic E-state index is 13.9. The fourth-order valence-corrected chi connectivity index (χ4v) is 1.81. The van der Waals surface area contributed by atoms with Gasteiger partial charge in [0.2, 0.25) is 0 Å². The van der Waals surface area contributed by atoms with Gasteiger partial charge in [0.15, 0.2) is 23.1 Å². The second kappa shape index (κ2) is 5.70. The summed E-state index contributed by atoms with van der Waals surface area (Å²) in [6, 6.07) is 7.07. The van der Waals surface area contributed by atoms with Gasteiger partial charge in [-0.25, -0.2) is 9.18 Å². The van der Waals surface area contributed by atoms with E-state index in [1.165, 1.54) is 7.11 Å². The van der Waals surface area contributed by atoms with Crippen molar-refractivity contribution in [1.29, 1.82) is 0 Å². The number of carboxylic acid groups (broad SMARTS) is 1. The molecule has 0 spiro atoms. The lowest BCUT2D eigenvalue weighted by Crippen LogP contribution is -2.04. The number of aromatic carboxylic acids is 1. The summed E-state index contributed by atoms with van der Waals surface area (Å²) in [6.45, 7) is 1.87. The van der Waals surface area contributed by atoms with Gasteiger partial charge in [0, 0.05) is 17.8 Å². The first-order valence-corrected chi connectivity index (χ1v) is 6.07. The number of nitrogen functional groups attached to an aromatic ring is 1. The van der Waals surface area contributed by atoms with E-state index in [9.17, 15) is 9.18 Å². The predicted octanol–water partition coefficient (Wildman–Crippen LogP) is 3.22. The van der Waals surface area contributed by atoms with E-state index >= 15 is 0 Å². The molecule has 0 radical (unpaired) electrons. The minimum Gasteiger partial charge on any atom is -0.493 e. The largest absolute Gasteiger partial charge is 0.493 e. The highest BCUT2D eigenvalue weighted by atomic mass is 19.1. The molecule has 0 aromatic heterocycles. The number of nitrogens with two attached hydrogens (primary N) is 1. The van der Waals surface area contributed by atoms with E-state index in [2.05, 4.69) is 0 Å². The molecule has 0 saturated carbocycles. The normalized spacial score (nSPS) is 10.2. The molecule has 0 amide bonds. The highest BCUT2D eigenvalue weighted by Gasteiger charge is 2.16. The molecule has 0 fully saturated rings. The molecule has 0 aliphatic carbocycles. The van der Waals surface area contributed by atoms with Crippen LogP contribution in [0.25, 0.3) is 0 Å². The average molecular weight is 291 g/mol. The predicted molar refractivity (Wildman–Crippen MR) is 75.6 cm³/mol. The van der Waals surface area contributed by atoms with Crippen LogP contribution in [0.4, 0.5) is 10.1 Å². The lowest BCUT2D eigenvalue weighted by atomic mass is 10.1. The molecule has 2 rings (SSSR count). The molecule has 3 N–H and O–H groups in total. The topological polar surface area (TPSA) is 81.8 Å². The first-order chi connectivity index (χ1) is 9.92. The second-order valence-corrected chi connectivity index (χ2v) is 4.43. The van der Waals surface area contributed by atoms with Crippen LogP contribution in [-0.2, 0) is 0 Å². The number of carboxylic acids is 1. The summed E-state index contributed by atoms with van der Waals surface area (Å²) in [5, 5.41) is 9.00. The van der Waals surface area contributed by atoms with E-state index in [0.29, 0.717) is 5.75 Å². The smallest absolute Gasteiger partial charge is 0.337 e. The van der Waals surface area contributed by atoms with E-state index in [1.54, 1.807) is 18.2 Å². The first kappa shape index (κ1) is 14.6. The fourth-order valence-electron chi connectivity index (χ4n) is 1.81. The summed E-state index contributed by atoms with van der Waals surface area (Å²) in [7, 11) is 1.46. The summed E-state index contributed by atoms with van der Waals surface area (Å²) < 4.78 is 24.4. The molecule has 0 heterocycles. The van der Waals surface area contributed by atoms with Gasteiger partial charge in [-0.05, 0) is 24.6 Å². The molecule has 0 saturated heterocycles. The average Bonchev–Trinajstić information content (AvgIpc) is 2.42. The Morgan fingerprint density at radius 1 is 1.19 bits per heavy atom. The van der Waals surface area contributed by atoms with E-state index in [0.717, 1.165) is 17.7 Å². The number of ether oxygens (including phenoxy) is 2. The Kier molecular flexibility index (Phi) is 3.98. The minimum atomic E-state index is -1.26. The Hall–Kier alpha value is -2.76. The van der Waals surface area contributed by atoms with Crippen LogP contribution in [0.15, 0.2) is 30.3 Å². The number of methoxy groups -OCH3 is 1. The maximum Gasteiger partial charge on any atom is 0.337 e. The van der Waals surface area contributed by atoms with Crippen LogP contribution in [0.3, 0.4) is 0 Å². The SMILES string of the molecule is COc1cc(C)ccc1Oc1cc(C(=O)O)c(N)cc1F. The molecule has 0 aliphatic heterocycles. The number of halogens is 1. The highest BCUT2D eigenvalue weighted by molar-refractivity contribution is 5.94. The third kappa shape index (κ3) is 3.05. The first-order valence-electron chi connectivity index (χ1n) is 6.07. The number of hydrogen-bond acceptors (Lipinski definition) is 4. The molecule has 6 heteroatoms. The van der Waals surface area contributed by atoms with Crippen molar-refractivity contribution in [3.8, 4) is 17.2 Å². The molecule has 0 aliphatic rings. The van der Waals surface area contributed by atoms with Gasteiger partial charge < -0.3 is 20.3 Å². The lowest BCUT2D eigenvalue weighted by molar-refractivity contribution is 0.0697. The third-order valence-electron chi connectivity index (χ3n) is 2.87.